The van der Waals surface area contributed by atoms with Crippen LogP contribution in [-0.4, -0.2) is 16.3 Å². The van der Waals surface area contributed by atoms with Gasteiger partial charge >= 0.3 is 5.97 Å². The second-order valence-electron chi connectivity index (χ2n) is 7.38. The Morgan fingerprint density at radius 3 is 2.16 bits per heavy atom. The molecular weight excluding hydrogens is 386 g/mol. The molecule has 0 fully saturated rings. The molecule has 0 aliphatic rings. The molecule has 4 nitrogen and oxygen atoms in total. The third-order valence-corrected chi connectivity index (χ3v) is 5.29. The molecule has 4 rings (SSSR count). The molecule has 154 valence electrons. The summed E-state index contributed by atoms with van der Waals surface area (Å²) in [4.78, 5) is 25.3. The van der Waals surface area contributed by atoms with Gasteiger partial charge in [-0.05, 0) is 30.2 Å². The van der Waals surface area contributed by atoms with Crippen LogP contribution in [0.25, 0.3) is 28.2 Å². The highest BCUT2D eigenvalue weighted by atomic mass is 16.5. The summed E-state index contributed by atoms with van der Waals surface area (Å²) in [5, 5.41) is 0.971. The largest absolute Gasteiger partial charge is 0.457 e. The number of esters is 1. The molecule has 0 amide bonds. The molecule has 4 heteroatoms. The average Bonchev–Trinajstić information content (AvgIpc) is 3.08. The molecule has 31 heavy (non-hydrogen) atoms. The normalized spacial score (nSPS) is 11.5. The monoisotopic (exact) mass is 409 g/mol. The third-order valence-electron chi connectivity index (χ3n) is 5.29. The number of ketones is 1. The van der Waals surface area contributed by atoms with E-state index in [4.69, 9.17) is 4.74 Å². The van der Waals surface area contributed by atoms with Gasteiger partial charge in [0.25, 0.3) is 0 Å². The molecule has 0 spiro atoms. The van der Waals surface area contributed by atoms with Gasteiger partial charge in [0.1, 0.15) is 12.2 Å². The first-order valence-corrected chi connectivity index (χ1v) is 10.1. The molecule has 4 aromatic rings. The summed E-state index contributed by atoms with van der Waals surface area (Å²) in [6, 6.07) is 27.3. The maximum Gasteiger partial charge on any atom is 0.342 e. The maximum atomic E-state index is 12.8. The highest BCUT2D eigenvalue weighted by Gasteiger charge is 2.21. The van der Waals surface area contributed by atoms with Crippen LogP contribution >= 0.6 is 0 Å². The summed E-state index contributed by atoms with van der Waals surface area (Å²) in [6.07, 6.45) is 1.67. The summed E-state index contributed by atoms with van der Waals surface area (Å²) >= 11 is 0. The number of hydrogen-bond acceptors (Lipinski definition) is 3. The van der Waals surface area contributed by atoms with Crippen LogP contribution in [0.4, 0.5) is 0 Å². The Kier molecular flexibility index (Phi) is 5.80. The van der Waals surface area contributed by atoms with Gasteiger partial charge in [0, 0.05) is 23.5 Å². The highest BCUT2D eigenvalue weighted by Crippen LogP contribution is 2.34. The SMILES string of the molecule is CC(=O)/C(=C\c1c(-c2ccccc2)n(C)c2ccccc12)C(=O)OCc1ccccc1. The molecule has 0 aliphatic carbocycles. The van der Waals surface area contributed by atoms with Crippen LogP contribution in [0.15, 0.2) is 90.5 Å². The number of aryl methyl sites for hydroxylation is 1. The zero-order valence-electron chi connectivity index (χ0n) is 17.5. The fraction of sp³-hybridized carbons (Fsp3) is 0.111. The van der Waals surface area contributed by atoms with Gasteiger partial charge in [0.2, 0.25) is 0 Å². The van der Waals surface area contributed by atoms with Gasteiger partial charge in [-0.25, -0.2) is 4.79 Å². The Balaban J connectivity index is 1.80. The van der Waals surface area contributed by atoms with E-state index in [1.54, 1.807) is 6.08 Å². The second kappa shape index (κ2) is 8.84. The average molecular weight is 409 g/mol. The topological polar surface area (TPSA) is 48.3 Å². The predicted molar refractivity (Wildman–Crippen MR) is 123 cm³/mol. The van der Waals surface area contributed by atoms with Gasteiger partial charge in [0.15, 0.2) is 5.78 Å². The molecule has 0 bridgehead atoms. The smallest absolute Gasteiger partial charge is 0.342 e. The minimum absolute atomic E-state index is 0.0319. The molecule has 0 saturated carbocycles. The van der Waals surface area contributed by atoms with Crippen molar-refractivity contribution in [2.24, 2.45) is 7.05 Å². The Bertz CT molecular complexity index is 1270. The zero-order valence-corrected chi connectivity index (χ0v) is 17.5. The molecule has 0 N–H and O–H groups in total. The Morgan fingerprint density at radius 2 is 1.48 bits per heavy atom. The van der Waals surface area contributed by atoms with Gasteiger partial charge < -0.3 is 9.30 Å². The van der Waals surface area contributed by atoms with Crippen molar-refractivity contribution < 1.29 is 14.3 Å². The van der Waals surface area contributed by atoms with E-state index in [0.29, 0.717) is 0 Å². The molecular formula is C27H23NO3. The summed E-state index contributed by atoms with van der Waals surface area (Å²) < 4.78 is 7.54. The standard InChI is InChI=1S/C27H23NO3/c1-19(29)23(27(30)31-18-20-11-5-3-6-12-20)17-24-22-15-9-10-16-25(22)28(2)26(24)21-13-7-4-8-14-21/h3-17H,18H2,1-2H3/b23-17+. The van der Waals surface area contributed by atoms with Crippen LogP contribution in [0.5, 0.6) is 0 Å². The van der Waals surface area contributed by atoms with E-state index in [9.17, 15) is 9.59 Å². The number of carbonyl (C=O) groups excluding carboxylic acids is 2. The van der Waals surface area contributed by atoms with E-state index in [1.807, 2.05) is 92.0 Å². The Hall–Kier alpha value is -3.92. The van der Waals surface area contributed by atoms with Crippen molar-refractivity contribution >= 4 is 28.7 Å². The molecule has 1 heterocycles. The number of Topliss-reactive ketones (excluding diaryl/α,β-unsaturated/α-hetero) is 1. The Morgan fingerprint density at radius 1 is 0.871 bits per heavy atom. The number of nitrogens with zero attached hydrogens (tertiary/aromatic N) is 1. The van der Waals surface area contributed by atoms with Crippen molar-refractivity contribution in [2.75, 3.05) is 0 Å². The van der Waals surface area contributed by atoms with Crippen LogP contribution in [0.2, 0.25) is 0 Å². The molecule has 3 aromatic carbocycles. The van der Waals surface area contributed by atoms with Crippen LogP contribution in [0, 0.1) is 0 Å². The lowest BCUT2D eigenvalue weighted by Crippen LogP contribution is -2.13. The van der Waals surface area contributed by atoms with Gasteiger partial charge in [-0.3, -0.25) is 4.79 Å². The summed E-state index contributed by atoms with van der Waals surface area (Å²) in [5.74, 6) is -0.951. The van der Waals surface area contributed by atoms with Crippen molar-refractivity contribution in [3.05, 3.63) is 102 Å². The van der Waals surface area contributed by atoms with Crippen molar-refractivity contribution in [3.63, 3.8) is 0 Å². The van der Waals surface area contributed by atoms with Crippen LogP contribution in [0.3, 0.4) is 0 Å². The number of ether oxygens (including phenoxy) is 1. The van der Waals surface area contributed by atoms with Gasteiger partial charge in [-0.1, -0.05) is 78.9 Å². The lowest BCUT2D eigenvalue weighted by atomic mass is 10.0. The van der Waals surface area contributed by atoms with Gasteiger partial charge in [-0.2, -0.15) is 0 Å². The fourth-order valence-electron chi connectivity index (χ4n) is 3.76. The quantitative estimate of drug-likeness (QED) is 0.181. The van der Waals surface area contributed by atoms with Crippen molar-refractivity contribution in [3.8, 4) is 11.3 Å². The number of para-hydroxylation sites is 1. The third kappa shape index (κ3) is 4.19. The van der Waals surface area contributed by atoms with E-state index >= 15 is 0 Å². The molecule has 1 aromatic heterocycles. The number of carbonyl (C=O) groups is 2. The first-order chi connectivity index (χ1) is 15.1. The second-order valence-corrected chi connectivity index (χ2v) is 7.38. The van der Waals surface area contributed by atoms with Gasteiger partial charge in [0.05, 0.1) is 5.69 Å². The minimum Gasteiger partial charge on any atom is -0.457 e. The molecule has 0 unspecified atom stereocenters. The predicted octanol–water partition coefficient (Wildman–Crippen LogP) is 5.56. The maximum absolute atomic E-state index is 12.8. The van der Waals surface area contributed by atoms with E-state index in [-0.39, 0.29) is 18.0 Å². The lowest BCUT2D eigenvalue weighted by Gasteiger charge is -2.09. The van der Waals surface area contributed by atoms with Crippen molar-refractivity contribution in [1.82, 2.24) is 4.57 Å². The first-order valence-electron chi connectivity index (χ1n) is 10.1. The molecule has 0 atom stereocenters. The Labute approximate surface area is 181 Å². The number of aromatic nitrogens is 1. The lowest BCUT2D eigenvalue weighted by molar-refractivity contribution is -0.141. The first kappa shape index (κ1) is 20.4. The van der Waals surface area contributed by atoms with Crippen LogP contribution in [0.1, 0.15) is 18.1 Å². The summed E-state index contributed by atoms with van der Waals surface area (Å²) in [6.45, 7) is 1.51. The summed E-state index contributed by atoms with van der Waals surface area (Å²) in [7, 11) is 1.99. The van der Waals surface area contributed by atoms with Crippen LogP contribution < -0.4 is 0 Å². The number of fused-ring (bicyclic) bond motifs is 1. The van der Waals surface area contributed by atoms with E-state index in [2.05, 4.69) is 4.57 Å². The van der Waals surface area contributed by atoms with E-state index < -0.39 is 5.97 Å². The van der Waals surface area contributed by atoms with Gasteiger partial charge in [-0.15, -0.1) is 0 Å². The summed E-state index contributed by atoms with van der Waals surface area (Å²) in [5.41, 5.74) is 4.70. The van der Waals surface area contributed by atoms with E-state index in [0.717, 1.165) is 33.3 Å². The number of hydrogen-bond donors (Lipinski definition) is 0. The zero-order chi connectivity index (χ0) is 21.8. The van der Waals surface area contributed by atoms with E-state index in [1.165, 1.54) is 6.92 Å². The number of rotatable bonds is 6. The number of benzene rings is 3. The minimum atomic E-state index is -0.622. The van der Waals surface area contributed by atoms with Crippen LogP contribution in [-0.2, 0) is 28.0 Å². The highest BCUT2D eigenvalue weighted by molar-refractivity contribution is 6.21. The molecule has 0 saturated heterocycles. The fourth-order valence-corrected chi connectivity index (χ4v) is 3.76. The van der Waals surface area contributed by atoms with Crippen molar-refractivity contribution in [1.29, 1.82) is 0 Å². The molecule has 0 aliphatic heterocycles. The molecule has 0 radical (unpaired) electrons. The van der Waals surface area contributed by atoms with Crippen molar-refractivity contribution in [2.45, 2.75) is 13.5 Å².